The molecule has 0 bridgehead atoms. The lowest BCUT2D eigenvalue weighted by molar-refractivity contribution is -0.243. The third kappa shape index (κ3) is 2.17. The lowest BCUT2D eigenvalue weighted by Gasteiger charge is -2.58. The van der Waals surface area contributed by atoms with Crippen molar-refractivity contribution in [2.24, 2.45) is 11.3 Å². The number of ether oxygens (including phenoxy) is 2. The van der Waals surface area contributed by atoms with Crippen LogP contribution in [0.25, 0.3) is 5.65 Å². The summed E-state index contributed by atoms with van der Waals surface area (Å²) in [6.45, 7) is 7.04. The molecule has 2 fully saturated rings. The summed E-state index contributed by atoms with van der Waals surface area (Å²) in [5, 5.41) is 0. The van der Waals surface area contributed by atoms with Crippen molar-refractivity contribution in [3.05, 3.63) is 35.8 Å². The number of hydrogen-bond acceptors (Lipinski definition) is 4. The van der Waals surface area contributed by atoms with Crippen LogP contribution in [0.4, 0.5) is 0 Å². The van der Waals surface area contributed by atoms with Gasteiger partial charge in [-0.3, -0.25) is 0 Å². The number of pyridine rings is 1. The Hall–Kier alpha value is -1.88. The molecule has 1 saturated heterocycles. The smallest absolute Gasteiger partial charge is 0.358 e. The number of carbonyl (C=O) groups is 1. The molecule has 5 nitrogen and oxygen atoms in total. The van der Waals surface area contributed by atoms with Gasteiger partial charge in [0.15, 0.2) is 5.69 Å². The second-order valence-electron chi connectivity index (χ2n) is 7.27. The molecule has 0 spiro atoms. The van der Waals surface area contributed by atoms with Crippen molar-refractivity contribution in [1.29, 1.82) is 0 Å². The van der Waals surface area contributed by atoms with Gasteiger partial charge in [0, 0.05) is 29.8 Å². The van der Waals surface area contributed by atoms with Gasteiger partial charge in [-0.05, 0) is 31.9 Å². The fraction of sp³-hybridized carbons (Fsp3) is 0.556. The van der Waals surface area contributed by atoms with Crippen molar-refractivity contribution in [3.63, 3.8) is 0 Å². The van der Waals surface area contributed by atoms with E-state index in [-0.39, 0.29) is 23.6 Å². The summed E-state index contributed by atoms with van der Waals surface area (Å²) in [6, 6.07) is 5.82. The van der Waals surface area contributed by atoms with Crippen molar-refractivity contribution >= 4 is 11.6 Å². The lowest BCUT2D eigenvalue weighted by atomic mass is 9.57. The third-order valence-electron chi connectivity index (χ3n) is 5.36. The molecule has 2 aromatic heterocycles. The topological polar surface area (TPSA) is 52.8 Å². The minimum absolute atomic E-state index is 0.0915. The van der Waals surface area contributed by atoms with Gasteiger partial charge in [0.25, 0.3) is 0 Å². The first-order valence-electron chi connectivity index (χ1n) is 8.26. The van der Waals surface area contributed by atoms with E-state index in [2.05, 4.69) is 18.8 Å². The maximum atomic E-state index is 12.6. The van der Waals surface area contributed by atoms with Gasteiger partial charge in [-0.2, -0.15) is 0 Å². The van der Waals surface area contributed by atoms with Crippen LogP contribution in [0.2, 0.25) is 0 Å². The first kappa shape index (κ1) is 14.7. The minimum Gasteiger partial charge on any atom is -0.457 e. The van der Waals surface area contributed by atoms with Crippen LogP contribution in [0.3, 0.4) is 0 Å². The highest BCUT2D eigenvalue weighted by Crippen LogP contribution is 2.53. The Kier molecular flexibility index (Phi) is 3.23. The minimum atomic E-state index is -0.338. The summed E-state index contributed by atoms with van der Waals surface area (Å²) < 4.78 is 13.6. The highest BCUT2D eigenvalue weighted by atomic mass is 16.6. The van der Waals surface area contributed by atoms with Gasteiger partial charge in [-0.25, -0.2) is 9.78 Å². The Morgan fingerprint density at radius 1 is 1.43 bits per heavy atom. The summed E-state index contributed by atoms with van der Waals surface area (Å²) >= 11 is 0. The highest BCUT2D eigenvalue weighted by molar-refractivity contribution is 5.88. The molecule has 0 unspecified atom stereocenters. The first-order chi connectivity index (χ1) is 11.0. The third-order valence-corrected chi connectivity index (χ3v) is 5.36. The second kappa shape index (κ2) is 5.06. The van der Waals surface area contributed by atoms with Crippen LogP contribution in [0.5, 0.6) is 0 Å². The average Bonchev–Trinajstić information content (AvgIpc) is 2.98. The summed E-state index contributed by atoms with van der Waals surface area (Å²) in [4.78, 5) is 16.9. The van der Waals surface area contributed by atoms with Crippen molar-refractivity contribution in [2.45, 2.75) is 45.8 Å². The summed E-state index contributed by atoms with van der Waals surface area (Å²) in [5.41, 5.74) is 2.05. The van der Waals surface area contributed by atoms with E-state index < -0.39 is 0 Å². The molecule has 1 aliphatic carbocycles. The molecular weight excluding hydrogens is 292 g/mol. The SMILES string of the molecule is Cc1cccc2nc(C(=O)O[C@@H]3[C@@H]4CCCO[C@H]4C3(C)C)cn12. The largest absolute Gasteiger partial charge is 0.457 e. The van der Waals surface area contributed by atoms with E-state index in [1.54, 1.807) is 6.20 Å². The quantitative estimate of drug-likeness (QED) is 0.800. The van der Waals surface area contributed by atoms with E-state index >= 15 is 0 Å². The van der Waals surface area contributed by atoms with E-state index in [9.17, 15) is 4.79 Å². The van der Waals surface area contributed by atoms with Crippen molar-refractivity contribution in [3.8, 4) is 0 Å². The number of fused-ring (bicyclic) bond motifs is 2. The zero-order chi connectivity index (χ0) is 16.2. The number of imidazole rings is 1. The van der Waals surface area contributed by atoms with Crippen molar-refractivity contribution in [2.75, 3.05) is 6.61 Å². The maximum absolute atomic E-state index is 12.6. The molecule has 2 aromatic rings. The second-order valence-corrected chi connectivity index (χ2v) is 7.27. The van der Waals surface area contributed by atoms with E-state index in [1.807, 2.05) is 29.5 Å². The Bertz CT molecular complexity index is 765. The molecule has 0 amide bonds. The van der Waals surface area contributed by atoms with E-state index in [0.717, 1.165) is 30.8 Å². The number of rotatable bonds is 2. The van der Waals surface area contributed by atoms with Gasteiger partial charge in [-0.15, -0.1) is 0 Å². The van der Waals surface area contributed by atoms with Gasteiger partial charge in [-0.1, -0.05) is 19.9 Å². The molecule has 1 saturated carbocycles. The van der Waals surface area contributed by atoms with E-state index in [4.69, 9.17) is 9.47 Å². The molecule has 23 heavy (non-hydrogen) atoms. The monoisotopic (exact) mass is 314 g/mol. The fourth-order valence-corrected chi connectivity index (χ4v) is 4.14. The number of esters is 1. The Morgan fingerprint density at radius 3 is 3.04 bits per heavy atom. The molecule has 4 rings (SSSR count). The molecule has 3 heterocycles. The lowest BCUT2D eigenvalue weighted by Crippen LogP contribution is -2.65. The molecule has 0 radical (unpaired) electrons. The van der Waals surface area contributed by atoms with Crippen molar-refractivity contribution < 1.29 is 14.3 Å². The van der Waals surface area contributed by atoms with Crippen LogP contribution in [0.1, 0.15) is 42.9 Å². The summed E-state index contributed by atoms with van der Waals surface area (Å²) in [7, 11) is 0. The van der Waals surface area contributed by atoms with Gasteiger partial charge < -0.3 is 13.9 Å². The Balaban J connectivity index is 1.56. The summed E-state index contributed by atoms with van der Waals surface area (Å²) in [6.07, 6.45) is 3.98. The molecule has 122 valence electrons. The molecule has 0 N–H and O–H groups in total. The molecule has 3 atom stereocenters. The average molecular weight is 314 g/mol. The van der Waals surface area contributed by atoms with Gasteiger partial charge >= 0.3 is 5.97 Å². The van der Waals surface area contributed by atoms with Crippen LogP contribution in [-0.2, 0) is 9.47 Å². The van der Waals surface area contributed by atoms with Gasteiger partial charge in [0.05, 0.1) is 6.10 Å². The molecule has 2 aliphatic rings. The zero-order valence-electron chi connectivity index (χ0n) is 13.8. The van der Waals surface area contributed by atoms with Gasteiger partial charge in [0.2, 0.25) is 0 Å². The Labute approximate surface area is 135 Å². The highest BCUT2D eigenvalue weighted by Gasteiger charge is 2.60. The number of carbonyl (C=O) groups excluding carboxylic acids is 1. The number of nitrogens with zero attached hydrogens (tertiary/aromatic N) is 2. The standard InChI is InChI=1S/C18H22N2O3/c1-11-6-4-8-14-19-13(10-20(11)14)17(21)23-16-12-7-5-9-22-15(12)18(16,2)3/h4,6,8,10,12,15-16H,5,7,9H2,1-3H3/t12-,15-,16-/m1/s1. The van der Waals surface area contributed by atoms with Crippen LogP contribution in [0.15, 0.2) is 24.4 Å². The molecule has 1 aliphatic heterocycles. The summed E-state index contributed by atoms with van der Waals surface area (Å²) in [5.74, 6) is -0.0170. The van der Waals surface area contributed by atoms with Crippen LogP contribution >= 0.6 is 0 Å². The van der Waals surface area contributed by atoms with Crippen LogP contribution in [-0.4, -0.2) is 34.2 Å². The number of aryl methyl sites for hydroxylation is 1. The van der Waals surface area contributed by atoms with Crippen LogP contribution in [0, 0.1) is 18.3 Å². The fourth-order valence-electron chi connectivity index (χ4n) is 4.14. The number of hydrogen-bond donors (Lipinski definition) is 0. The Morgan fingerprint density at radius 2 is 2.26 bits per heavy atom. The van der Waals surface area contributed by atoms with Crippen LogP contribution < -0.4 is 0 Å². The maximum Gasteiger partial charge on any atom is 0.358 e. The zero-order valence-corrected chi connectivity index (χ0v) is 13.8. The molecule has 5 heteroatoms. The van der Waals surface area contributed by atoms with E-state index in [1.165, 1.54) is 0 Å². The normalized spacial score (nSPS) is 28.9. The predicted molar refractivity (Wildman–Crippen MR) is 85.4 cm³/mol. The molecule has 0 aromatic carbocycles. The number of aromatic nitrogens is 2. The van der Waals surface area contributed by atoms with E-state index in [0.29, 0.717) is 11.6 Å². The first-order valence-corrected chi connectivity index (χ1v) is 8.26. The predicted octanol–water partition coefficient (Wildman–Crippen LogP) is 3.00. The van der Waals surface area contributed by atoms with Crippen molar-refractivity contribution in [1.82, 2.24) is 9.38 Å². The van der Waals surface area contributed by atoms with Gasteiger partial charge in [0.1, 0.15) is 11.8 Å². The molecular formula is C18H22N2O3.